The second-order valence-electron chi connectivity index (χ2n) is 5.20. The van der Waals surface area contributed by atoms with Crippen LogP contribution in [0.5, 0.6) is 0 Å². The van der Waals surface area contributed by atoms with Crippen LogP contribution in [0.4, 0.5) is 0 Å². The van der Waals surface area contributed by atoms with Crippen molar-refractivity contribution in [2.75, 3.05) is 6.54 Å². The lowest BCUT2D eigenvalue weighted by molar-refractivity contribution is 0.535. The lowest BCUT2D eigenvalue weighted by Gasteiger charge is -2.10. The van der Waals surface area contributed by atoms with Crippen LogP contribution in [0.1, 0.15) is 36.3 Å². The molecule has 1 heteroatoms. The molecular formula is C14H19N. The summed E-state index contributed by atoms with van der Waals surface area (Å²) in [5, 5.41) is 3.69. The van der Waals surface area contributed by atoms with Crippen LogP contribution in [0.3, 0.4) is 0 Å². The fourth-order valence-electron chi connectivity index (χ4n) is 2.80. The van der Waals surface area contributed by atoms with Crippen LogP contribution in [-0.2, 0) is 0 Å². The van der Waals surface area contributed by atoms with E-state index in [0.29, 0.717) is 0 Å². The summed E-state index contributed by atoms with van der Waals surface area (Å²) >= 11 is 0. The van der Waals surface area contributed by atoms with Gasteiger partial charge in [-0.05, 0) is 43.6 Å². The zero-order valence-corrected chi connectivity index (χ0v) is 9.37. The fraction of sp³-hybridized carbons (Fsp3) is 0.571. The van der Waals surface area contributed by atoms with E-state index in [1.807, 2.05) is 0 Å². The highest BCUT2D eigenvalue weighted by atomic mass is 15.0. The Kier molecular flexibility index (Phi) is 2.28. The maximum Gasteiger partial charge on any atom is 0.0102 e. The summed E-state index contributed by atoms with van der Waals surface area (Å²) < 4.78 is 0. The average molecular weight is 201 g/mol. The Morgan fingerprint density at radius 1 is 1.27 bits per heavy atom. The third kappa shape index (κ3) is 1.93. The van der Waals surface area contributed by atoms with Gasteiger partial charge in [0, 0.05) is 12.6 Å². The molecule has 0 spiro atoms. The van der Waals surface area contributed by atoms with E-state index in [9.17, 15) is 0 Å². The van der Waals surface area contributed by atoms with Crippen molar-refractivity contribution in [2.45, 2.75) is 38.1 Å². The van der Waals surface area contributed by atoms with Crippen LogP contribution in [0.2, 0.25) is 0 Å². The van der Waals surface area contributed by atoms with Gasteiger partial charge < -0.3 is 5.32 Å². The van der Waals surface area contributed by atoms with E-state index in [-0.39, 0.29) is 0 Å². The van der Waals surface area contributed by atoms with Crippen LogP contribution in [-0.4, -0.2) is 12.6 Å². The first-order valence-corrected chi connectivity index (χ1v) is 6.13. The standard InChI is InChI=1S/C14H19N/c1-10-3-2-4-12(7-10)13-8-14(15-9-13)11-5-6-11/h2-4,7,11,13-15H,5-6,8-9H2,1H3. The number of hydrogen-bond donors (Lipinski definition) is 1. The molecule has 0 bridgehead atoms. The quantitative estimate of drug-likeness (QED) is 0.776. The molecule has 1 nitrogen and oxygen atoms in total. The third-order valence-electron chi connectivity index (χ3n) is 3.87. The van der Waals surface area contributed by atoms with E-state index in [2.05, 4.69) is 36.5 Å². The monoisotopic (exact) mass is 201 g/mol. The van der Waals surface area contributed by atoms with E-state index >= 15 is 0 Å². The number of rotatable bonds is 2. The van der Waals surface area contributed by atoms with Crippen LogP contribution in [0.25, 0.3) is 0 Å². The maximum atomic E-state index is 3.69. The molecule has 1 saturated heterocycles. The molecule has 1 aromatic rings. The number of nitrogens with one attached hydrogen (secondary N) is 1. The first-order valence-electron chi connectivity index (χ1n) is 6.13. The first kappa shape index (κ1) is 9.41. The van der Waals surface area contributed by atoms with E-state index < -0.39 is 0 Å². The zero-order valence-electron chi connectivity index (χ0n) is 9.37. The van der Waals surface area contributed by atoms with Crippen molar-refractivity contribution in [2.24, 2.45) is 5.92 Å². The molecule has 1 saturated carbocycles. The Labute approximate surface area is 91.9 Å². The molecule has 0 aromatic heterocycles. The second kappa shape index (κ2) is 3.64. The number of benzene rings is 1. The van der Waals surface area contributed by atoms with Crippen LogP contribution >= 0.6 is 0 Å². The van der Waals surface area contributed by atoms with Gasteiger partial charge in [-0.25, -0.2) is 0 Å². The molecule has 0 radical (unpaired) electrons. The van der Waals surface area contributed by atoms with Gasteiger partial charge in [-0.2, -0.15) is 0 Å². The van der Waals surface area contributed by atoms with Gasteiger partial charge in [-0.3, -0.25) is 0 Å². The summed E-state index contributed by atoms with van der Waals surface area (Å²) in [4.78, 5) is 0. The largest absolute Gasteiger partial charge is 0.313 e. The van der Waals surface area contributed by atoms with Gasteiger partial charge in [-0.1, -0.05) is 29.8 Å². The SMILES string of the molecule is Cc1cccc(C2CNC(C3CC3)C2)c1. The minimum atomic E-state index is 0.760. The van der Waals surface area contributed by atoms with Crippen molar-refractivity contribution in [1.29, 1.82) is 0 Å². The van der Waals surface area contributed by atoms with Crippen molar-refractivity contribution in [3.05, 3.63) is 35.4 Å². The van der Waals surface area contributed by atoms with E-state index in [1.165, 1.54) is 36.9 Å². The predicted octanol–water partition coefficient (Wildman–Crippen LogP) is 2.85. The fourth-order valence-corrected chi connectivity index (χ4v) is 2.80. The van der Waals surface area contributed by atoms with Crippen molar-refractivity contribution in [1.82, 2.24) is 5.32 Å². The van der Waals surface area contributed by atoms with Gasteiger partial charge in [0.2, 0.25) is 0 Å². The van der Waals surface area contributed by atoms with Crippen molar-refractivity contribution in [3.8, 4) is 0 Å². The van der Waals surface area contributed by atoms with E-state index in [0.717, 1.165) is 17.9 Å². The molecule has 3 rings (SSSR count). The first-order chi connectivity index (χ1) is 7.33. The molecule has 1 N–H and O–H groups in total. The minimum Gasteiger partial charge on any atom is -0.313 e. The molecule has 1 aromatic carbocycles. The summed E-state index contributed by atoms with van der Waals surface area (Å²) in [5.41, 5.74) is 2.92. The van der Waals surface area contributed by atoms with E-state index in [1.54, 1.807) is 0 Å². The summed E-state index contributed by atoms with van der Waals surface area (Å²) in [6, 6.07) is 9.82. The second-order valence-corrected chi connectivity index (χ2v) is 5.20. The van der Waals surface area contributed by atoms with Gasteiger partial charge in [0.1, 0.15) is 0 Å². The molecule has 0 amide bonds. The van der Waals surface area contributed by atoms with Gasteiger partial charge in [0.15, 0.2) is 0 Å². The Morgan fingerprint density at radius 3 is 2.87 bits per heavy atom. The Balaban J connectivity index is 1.72. The molecule has 1 heterocycles. The summed E-state index contributed by atoms with van der Waals surface area (Å²) in [7, 11) is 0. The highest BCUT2D eigenvalue weighted by Crippen LogP contribution is 2.39. The topological polar surface area (TPSA) is 12.0 Å². The zero-order chi connectivity index (χ0) is 10.3. The summed E-state index contributed by atoms with van der Waals surface area (Å²) in [6.07, 6.45) is 4.27. The molecule has 80 valence electrons. The number of hydrogen-bond acceptors (Lipinski definition) is 1. The van der Waals surface area contributed by atoms with Gasteiger partial charge in [0.25, 0.3) is 0 Å². The minimum absolute atomic E-state index is 0.760. The predicted molar refractivity (Wildman–Crippen MR) is 63.1 cm³/mol. The molecule has 2 fully saturated rings. The van der Waals surface area contributed by atoms with Crippen LogP contribution in [0, 0.1) is 12.8 Å². The number of aryl methyl sites for hydroxylation is 1. The molecule has 1 aliphatic carbocycles. The Morgan fingerprint density at radius 2 is 2.13 bits per heavy atom. The third-order valence-corrected chi connectivity index (χ3v) is 3.87. The molecular weight excluding hydrogens is 182 g/mol. The molecule has 1 aliphatic heterocycles. The van der Waals surface area contributed by atoms with Gasteiger partial charge in [-0.15, -0.1) is 0 Å². The summed E-state index contributed by atoms with van der Waals surface area (Å²) in [5.74, 6) is 1.76. The average Bonchev–Trinajstić information content (AvgIpc) is 2.97. The van der Waals surface area contributed by atoms with Gasteiger partial charge in [0.05, 0.1) is 0 Å². The lowest BCUT2D eigenvalue weighted by Crippen LogP contribution is -2.22. The maximum absolute atomic E-state index is 3.69. The smallest absolute Gasteiger partial charge is 0.0102 e. The van der Waals surface area contributed by atoms with Crippen molar-refractivity contribution in [3.63, 3.8) is 0 Å². The lowest BCUT2D eigenvalue weighted by atomic mass is 9.94. The highest BCUT2D eigenvalue weighted by Gasteiger charge is 2.36. The Hall–Kier alpha value is -0.820. The molecule has 2 unspecified atom stereocenters. The molecule has 2 aliphatic rings. The molecule has 2 atom stereocenters. The van der Waals surface area contributed by atoms with Crippen LogP contribution < -0.4 is 5.32 Å². The van der Waals surface area contributed by atoms with Crippen molar-refractivity contribution < 1.29 is 0 Å². The summed E-state index contributed by atoms with van der Waals surface area (Å²) in [6.45, 7) is 3.37. The van der Waals surface area contributed by atoms with Gasteiger partial charge >= 0.3 is 0 Å². The Bertz CT molecular complexity index is 354. The normalized spacial score (nSPS) is 30.7. The van der Waals surface area contributed by atoms with Crippen molar-refractivity contribution >= 4 is 0 Å². The highest BCUT2D eigenvalue weighted by molar-refractivity contribution is 5.27. The van der Waals surface area contributed by atoms with Crippen LogP contribution in [0.15, 0.2) is 24.3 Å². The van der Waals surface area contributed by atoms with E-state index in [4.69, 9.17) is 0 Å². The molecule has 15 heavy (non-hydrogen) atoms.